The summed E-state index contributed by atoms with van der Waals surface area (Å²) < 4.78 is 10.7. The molecule has 0 radical (unpaired) electrons. The highest BCUT2D eigenvalue weighted by Gasteiger charge is 2.33. The van der Waals surface area contributed by atoms with Crippen molar-refractivity contribution in [3.63, 3.8) is 0 Å². The Balaban J connectivity index is 1.34. The van der Waals surface area contributed by atoms with E-state index in [0.29, 0.717) is 21.0 Å². The summed E-state index contributed by atoms with van der Waals surface area (Å²) in [6, 6.07) is 30.2. The van der Waals surface area contributed by atoms with E-state index in [4.69, 9.17) is 21.3 Å². The van der Waals surface area contributed by atoms with E-state index >= 15 is 0 Å². The van der Waals surface area contributed by atoms with Gasteiger partial charge >= 0.3 is 0 Å². The summed E-state index contributed by atoms with van der Waals surface area (Å²) in [6.45, 7) is 0.501. The minimum atomic E-state index is -0.297. The minimum absolute atomic E-state index is 0.0523. The van der Waals surface area contributed by atoms with Crippen molar-refractivity contribution in [1.29, 1.82) is 0 Å². The van der Waals surface area contributed by atoms with Crippen LogP contribution in [0.15, 0.2) is 106 Å². The fourth-order valence-electron chi connectivity index (χ4n) is 5.68. The quantitative estimate of drug-likeness (QED) is 0.171. The molecule has 2 heterocycles. The molecule has 2 aliphatic rings. The second-order valence-electron chi connectivity index (χ2n) is 10.2. The summed E-state index contributed by atoms with van der Waals surface area (Å²) in [5.74, 6) is 0.851. The molecule has 4 aromatic carbocycles. The molecule has 5 aromatic rings. The molecule has 0 saturated carbocycles. The highest BCUT2D eigenvalue weighted by molar-refractivity contribution is 14.1. The average Bonchev–Trinajstić information content (AvgIpc) is 3.30. The van der Waals surface area contributed by atoms with Crippen LogP contribution in [0.3, 0.4) is 0 Å². The summed E-state index contributed by atoms with van der Waals surface area (Å²) in [5, 5.41) is 0.653. The van der Waals surface area contributed by atoms with Crippen molar-refractivity contribution in [3.05, 3.63) is 156 Å². The maximum Gasteiger partial charge on any atom is 0.271 e. The number of hydrogen-bond acceptors (Lipinski definition) is 4. The van der Waals surface area contributed by atoms with Gasteiger partial charge in [-0.05, 0) is 110 Å². The molecule has 0 N–H and O–H groups in total. The number of nitrogens with zero attached hydrogens (tertiary/aromatic N) is 2. The lowest BCUT2D eigenvalue weighted by atomic mass is 9.83. The van der Waals surface area contributed by atoms with Crippen molar-refractivity contribution in [2.24, 2.45) is 4.99 Å². The molecule has 208 valence electrons. The summed E-state index contributed by atoms with van der Waals surface area (Å²) in [4.78, 5) is 19.9. The van der Waals surface area contributed by atoms with Crippen LogP contribution in [0.25, 0.3) is 11.8 Å². The van der Waals surface area contributed by atoms with Crippen LogP contribution < -0.4 is 19.6 Å². The molecule has 0 fully saturated rings. The topological polar surface area (TPSA) is 43.6 Å². The second-order valence-corrected chi connectivity index (χ2v) is 14.0. The number of hydrogen-bond donors (Lipinski definition) is 0. The monoisotopic (exact) mass is 812 g/mol. The van der Waals surface area contributed by atoms with Gasteiger partial charge in [0.15, 0.2) is 4.80 Å². The zero-order valence-corrected chi connectivity index (χ0v) is 28.1. The number of halogens is 3. The van der Waals surface area contributed by atoms with Crippen molar-refractivity contribution in [3.8, 4) is 5.75 Å². The third-order valence-electron chi connectivity index (χ3n) is 7.62. The normalized spacial score (nSPS) is 16.0. The van der Waals surface area contributed by atoms with Gasteiger partial charge in [-0.15, -0.1) is 0 Å². The molecule has 0 saturated heterocycles. The predicted molar refractivity (Wildman–Crippen MR) is 187 cm³/mol. The molecule has 4 nitrogen and oxygen atoms in total. The molecule has 1 aliphatic carbocycles. The van der Waals surface area contributed by atoms with Crippen molar-refractivity contribution in [2.75, 3.05) is 0 Å². The van der Waals surface area contributed by atoms with Gasteiger partial charge in [0, 0.05) is 10.6 Å². The number of aryl methyl sites for hydroxylation is 1. The first-order valence-corrected chi connectivity index (χ1v) is 16.9. The Labute approximate surface area is 279 Å². The Morgan fingerprint density at radius 3 is 2.45 bits per heavy atom. The molecule has 0 spiro atoms. The second kappa shape index (κ2) is 11.7. The summed E-state index contributed by atoms with van der Waals surface area (Å²) in [7, 11) is 0. The van der Waals surface area contributed by atoms with Gasteiger partial charge in [0.1, 0.15) is 12.4 Å². The van der Waals surface area contributed by atoms with Gasteiger partial charge in [-0.25, -0.2) is 4.99 Å². The fourth-order valence-corrected chi connectivity index (χ4v) is 9.05. The van der Waals surface area contributed by atoms with Gasteiger partial charge < -0.3 is 4.74 Å². The third-order valence-corrected chi connectivity index (χ3v) is 10.5. The molecule has 0 bridgehead atoms. The van der Waals surface area contributed by atoms with E-state index in [0.717, 1.165) is 59.3 Å². The summed E-state index contributed by atoms with van der Waals surface area (Å²) in [5.41, 5.74) is 7.49. The predicted octanol–water partition coefficient (Wildman–Crippen LogP) is 7.76. The Kier molecular flexibility index (Phi) is 7.85. The lowest BCUT2D eigenvalue weighted by Gasteiger charge is -2.31. The zero-order valence-electron chi connectivity index (χ0n) is 22.2. The number of rotatable bonds is 5. The minimum Gasteiger partial charge on any atom is -0.487 e. The number of ether oxygens (including phenoxy) is 1. The van der Waals surface area contributed by atoms with Crippen LogP contribution in [0.5, 0.6) is 5.75 Å². The molecular weight excluding hydrogens is 790 g/mol. The van der Waals surface area contributed by atoms with Crippen LogP contribution >= 0.6 is 68.1 Å². The Bertz CT molecular complexity index is 2040. The van der Waals surface area contributed by atoms with E-state index in [1.54, 1.807) is 0 Å². The van der Waals surface area contributed by atoms with Crippen molar-refractivity contribution >= 4 is 79.9 Å². The number of fused-ring (bicyclic) bond motifs is 3. The highest BCUT2D eigenvalue weighted by Crippen LogP contribution is 2.42. The average molecular weight is 813 g/mol. The summed E-state index contributed by atoms with van der Waals surface area (Å²) >= 11 is 12.8. The van der Waals surface area contributed by atoms with Gasteiger partial charge in [-0.3, -0.25) is 9.36 Å². The van der Waals surface area contributed by atoms with E-state index in [9.17, 15) is 4.79 Å². The van der Waals surface area contributed by atoms with Crippen molar-refractivity contribution < 1.29 is 4.74 Å². The van der Waals surface area contributed by atoms with Crippen LogP contribution in [-0.4, -0.2) is 4.57 Å². The molecule has 7 rings (SSSR count). The maximum atomic E-state index is 14.1. The van der Waals surface area contributed by atoms with E-state index in [1.165, 1.54) is 16.9 Å². The van der Waals surface area contributed by atoms with Gasteiger partial charge in [0.05, 0.1) is 23.4 Å². The lowest BCUT2D eigenvalue weighted by Crippen LogP contribution is -2.38. The number of benzene rings is 4. The van der Waals surface area contributed by atoms with Gasteiger partial charge in [0.2, 0.25) is 0 Å². The zero-order chi connectivity index (χ0) is 28.8. The first-order valence-electron chi connectivity index (χ1n) is 13.5. The Morgan fingerprint density at radius 1 is 0.952 bits per heavy atom. The van der Waals surface area contributed by atoms with Crippen molar-refractivity contribution in [2.45, 2.75) is 25.5 Å². The van der Waals surface area contributed by atoms with Gasteiger partial charge in [-0.2, -0.15) is 0 Å². The number of thiazole rings is 1. The Hall–Kier alpha value is -2.73. The third kappa shape index (κ3) is 5.18. The van der Waals surface area contributed by atoms with E-state index in [-0.39, 0.29) is 11.6 Å². The first-order chi connectivity index (χ1) is 20.5. The van der Waals surface area contributed by atoms with Crippen LogP contribution in [0.2, 0.25) is 5.02 Å². The van der Waals surface area contributed by atoms with E-state index < -0.39 is 0 Å². The van der Waals surface area contributed by atoms with Crippen LogP contribution in [0.1, 0.15) is 40.3 Å². The Morgan fingerprint density at radius 2 is 1.67 bits per heavy atom. The number of aromatic nitrogens is 1. The maximum absolute atomic E-state index is 14.1. The lowest BCUT2D eigenvalue weighted by molar-refractivity contribution is 0.302. The molecule has 1 atom stereocenters. The highest BCUT2D eigenvalue weighted by atomic mass is 127. The largest absolute Gasteiger partial charge is 0.487 e. The van der Waals surface area contributed by atoms with E-state index in [2.05, 4.69) is 93.7 Å². The van der Waals surface area contributed by atoms with Crippen LogP contribution in [0, 0.1) is 7.14 Å². The first kappa shape index (κ1) is 28.1. The van der Waals surface area contributed by atoms with Crippen LogP contribution in [-0.2, 0) is 13.0 Å². The SMILES string of the molecule is O=c1/c(=C/c2cc(I)c(OCc3ccccc3)c(I)c2)sc2n1[C@H](c1ccccc1Cl)C1=C(N=2)c2ccccc2CC1. The molecule has 42 heavy (non-hydrogen) atoms. The number of allylic oxidation sites excluding steroid dienone is 1. The molecular formula is C34H23ClI2N2O2S. The molecule has 1 aromatic heterocycles. The van der Waals surface area contributed by atoms with Gasteiger partial charge in [-0.1, -0.05) is 95.7 Å². The smallest absolute Gasteiger partial charge is 0.271 e. The molecule has 0 amide bonds. The van der Waals surface area contributed by atoms with E-state index in [1.807, 2.05) is 53.1 Å². The van der Waals surface area contributed by atoms with Crippen LogP contribution in [0.4, 0.5) is 0 Å². The van der Waals surface area contributed by atoms with Crippen molar-refractivity contribution in [1.82, 2.24) is 4.57 Å². The van der Waals surface area contributed by atoms with Gasteiger partial charge in [0.25, 0.3) is 5.56 Å². The standard InChI is InChI=1S/C34H23ClI2N2O2S/c35-26-13-7-6-12-24(26)31-25-15-14-22-10-4-5-11-23(22)30(25)38-34-39(31)33(40)29(42-34)18-21-16-27(36)32(28(37)17-21)41-19-20-8-2-1-3-9-20/h1-13,16-18,31H,14-15,19H2/b29-18-/t31-/m1/s1. The molecule has 0 unspecified atom stereocenters. The molecule has 8 heteroatoms. The fraction of sp³-hybridized carbons (Fsp3) is 0.118. The molecule has 1 aliphatic heterocycles. The summed E-state index contributed by atoms with van der Waals surface area (Å²) in [6.07, 6.45) is 3.71.